The summed E-state index contributed by atoms with van der Waals surface area (Å²) in [5, 5.41) is 11.6. The minimum atomic E-state index is -1.06. The molecule has 0 spiro atoms. The van der Waals surface area contributed by atoms with Gasteiger partial charge in [0, 0.05) is 16.9 Å². The molecule has 0 bridgehead atoms. The second-order valence-electron chi connectivity index (χ2n) is 6.39. The SMILES string of the molecule is C=CC(=C)C1CC(CN)C(O)(/C(C)=C(/C=C)OC)C1(C)C. The first-order valence-corrected chi connectivity index (χ1v) is 7.33. The number of hydrogen-bond acceptors (Lipinski definition) is 3. The first-order valence-electron chi connectivity index (χ1n) is 7.33. The summed E-state index contributed by atoms with van der Waals surface area (Å²) in [5.41, 5.74) is 6.20. The second-order valence-corrected chi connectivity index (χ2v) is 6.39. The summed E-state index contributed by atoms with van der Waals surface area (Å²) in [7, 11) is 1.59. The van der Waals surface area contributed by atoms with Crippen molar-refractivity contribution in [1.82, 2.24) is 0 Å². The van der Waals surface area contributed by atoms with Crippen LogP contribution in [0.4, 0.5) is 0 Å². The van der Waals surface area contributed by atoms with Gasteiger partial charge in [-0.2, -0.15) is 0 Å². The summed E-state index contributed by atoms with van der Waals surface area (Å²) in [4.78, 5) is 0. The van der Waals surface area contributed by atoms with Crippen LogP contribution in [-0.2, 0) is 4.74 Å². The van der Waals surface area contributed by atoms with E-state index >= 15 is 0 Å². The fourth-order valence-electron chi connectivity index (χ4n) is 3.93. The van der Waals surface area contributed by atoms with Crippen LogP contribution in [0.25, 0.3) is 0 Å². The van der Waals surface area contributed by atoms with Crippen LogP contribution in [0, 0.1) is 17.3 Å². The van der Waals surface area contributed by atoms with Crippen LogP contribution >= 0.6 is 0 Å². The van der Waals surface area contributed by atoms with E-state index in [2.05, 4.69) is 33.6 Å². The van der Waals surface area contributed by atoms with Crippen LogP contribution < -0.4 is 5.73 Å². The molecule has 0 aromatic carbocycles. The highest BCUT2D eigenvalue weighted by Crippen LogP contribution is 2.58. The van der Waals surface area contributed by atoms with Crippen molar-refractivity contribution in [2.24, 2.45) is 23.0 Å². The maximum atomic E-state index is 11.6. The normalized spacial score (nSPS) is 32.3. The van der Waals surface area contributed by atoms with Gasteiger partial charge in [-0.3, -0.25) is 0 Å². The highest BCUT2D eigenvalue weighted by molar-refractivity contribution is 5.35. The summed E-state index contributed by atoms with van der Waals surface area (Å²) in [6.45, 7) is 18.1. The third-order valence-electron chi connectivity index (χ3n) is 5.31. The Bertz CT molecular complexity index is 476. The zero-order chi connectivity index (χ0) is 16.4. The fraction of sp³-hybridized carbons (Fsp3) is 0.556. The van der Waals surface area contributed by atoms with Crippen LogP contribution in [0.15, 0.2) is 48.8 Å². The molecule has 0 aromatic rings. The topological polar surface area (TPSA) is 55.5 Å². The van der Waals surface area contributed by atoms with Gasteiger partial charge in [0.25, 0.3) is 0 Å². The summed E-state index contributed by atoms with van der Waals surface area (Å²) < 4.78 is 5.37. The van der Waals surface area contributed by atoms with Crippen molar-refractivity contribution in [2.45, 2.75) is 32.8 Å². The van der Waals surface area contributed by atoms with Crippen LogP contribution in [0.1, 0.15) is 27.2 Å². The molecule has 1 aliphatic carbocycles. The molecule has 0 radical (unpaired) electrons. The van der Waals surface area contributed by atoms with Gasteiger partial charge in [-0.15, -0.1) is 0 Å². The van der Waals surface area contributed by atoms with E-state index in [4.69, 9.17) is 10.5 Å². The lowest BCUT2D eigenvalue weighted by Crippen LogP contribution is -2.50. The van der Waals surface area contributed by atoms with E-state index in [1.807, 2.05) is 6.92 Å². The fourth-order valence-corrected chi connectivity index (χ4v) is 3.93. The average Bonchev–Trinajstić information content (AvgIpc) is 2.67. The van der Waals surface area contributed by atoms with Gasteiger partial charge in [0.15, 0.2) is 0 Å². The molecule has 3 unspecified atom stereocenters. The Morgan fingerprint density at radius 3 is 2.33 bits per heavy atom. The summed E-state index contributed by atoms with van der Waals surface area (Å²) >= 11 is 0. The lowest BCUT2D eigenvalue weighted by atomic mass is 9.65. The molecule has 0 aliphatic heterocycles. The molecule has 1 rings (SSSR count). The summed E-state index contributed by atoms with van der Waals surface area (Å²) in [5.74, 6) is 0.680. The molecule has 3 heteroatoms. The maximum absolute atomic E-state index is 11.6. The zero-order valence-electron chi connectivity index (χ0n) is 13.8. The van der Waals surface area contributed by atoms with Crippen molar-refractivity contribution < 1.29 is 9.84 Å². The molecular formula is C18H29NO2. The molecule has 118 valence electrons. The molecule has 0 aromatic heterocycles. The molecule has 3 nitrogen and oxygen atoms in total. The van der Waals surface area contributed by atoms with E-state index < -0.39 is 11.0 Å². The third-order valence-corrected chi connectivity index (χ3v) is 5.31. The Labute approximate surface area is 128 Å². The Hall–Kier alpha value is -1.32. The largest absolute Gasteiger partial charge is 0.497 e. The van der Waals surface area contributed by atoms with Crippen LogP contribution in [0.3, 0.4) is 0 Å². The lowest BCUT2D eigenvalue weighted by molar-refractivity contribution is -0.0510. The molecular weight excluding hydrogens is 262 g/mol. The van der Waals surface area contributed by atoms with Crippen LogP contribution in [0.2, 0.25) is 0 Å². The van der Waals surface area contributed by atoms with Crippen LogP contribution in [0.5, 0.6) is 0 Å². The van der Waals surface area contributed by atoms with Crippen molar-refractivity contribution in [3.05, 3.63) is 48.8 Å². The number of allylic oxidation sites excluding steroid dienone is 3. The zero-order valence-corrected chi connectivity index (χ0v) is 13.8. The van der Waals surface area contributed by atoms with Gasteiger partial charge in [0.05, 0.1) is 12.7 Å². The molecule has 21 heavy (non-hydrogen) atoms. The smallest absolute Gasteiger partial charge is 0.120 e. The predicted octanol–water partition coefficient (Wildman–Crippen LogP) is 3.19. The van der Waals surface area contributed by atoms with Crippen molar-refractivity contribution in [3.63, 3.8) is 0 Å². The number of nitrogens with two attached hydrogens (primary N) is 1. The number of methoxy groups -OCH3 is 1. The molecule has 0 heterocycles. The van der Waals surface area contributed by atoms with Gasteiger partial charge < -0.3 is 15.6 Å². The predicted molar refractivity (Wildman–Crippen MR) is 88.6 cm³/mol. The lowest BCUT2D eigenvalue weighted by Gasteiger charge is -2.44. The highest BCUT2D eigenvalue weighted by atomic mass is 16.5. The minimum Gasteiger partial charge on any atom is -0.497 e. The van der Waals surface area contributed by atoms with Gasteiger partial charge in [0.1, 0.15) is 5.76 Å². The van der Waals surface area contributed by atoms with E-state index in [0.717, 1.165) is 17.6 Å². The van der Waals surface area contributed by atoms with Gasteiger partial charge >= 0.3 is 0 Å². The maximum Gasteiger partial charge on any atom is 0.120 e. The van der Waals surface area contributed by atoms with E-state index in [9.17, 15) is 5.11 Å². The van der Waals surface area contributed by atoms with E-state index in [1.54, 1.807) is 19.3 Å². The van der Waals surface area contributed by atoms with Gasteiger partial charge in [-0.1, -0.05) is 45.2 Å². The number of ether oxygens (including phenoxy) is 1. The van der Waals surface area contributed by atoms with Crippen molar-refractivity contribution in [3.8, 4) is 0 Å². The third kappa shape index (κ3) is 2.49. The van der Waals surface area contributed by atoms with Gasteiger partial charge in [0.2, 0.25) is 0 Å². The average molecular weight is 291 g/mol. The summed E-state index contributed by atoms with van der Waals surface area (Å²) in [6, 6.07) is 0. The van der Waals surface area contributed by atoms with Crippen molar-refractivity contribution >= 4 is 0 Å². The number of aliphatic hydroxyl groups is 1. The summed E-state index contributed by atoms with van der Waals surface area (Å²) in [6.07, 6.45) is 4.19. The molecule has 1 aliphatic rings. The molecule has 1 saturated carbocycles. The van der Waals surface area contributed by atoms with Crippen molar-refractivity contribution in [1.29, 1.82) is 0 Å². The minimum absolute atomic E-state index is 0.0562. The Morgan fingerprint density at radius 2 is 1.95 bits per heavy atom. The monoisotopic (exact) mass is 291 g/mol. The Morgan fingerprint density at radius 1 is 1.38 bits per heavy atom. The Balaban J connectivity index is 3.49. The molecule has 1 fully saturated rings. The molecule has 0 amide bonds. The Kier molecular flexibility index (Phi) is 5.24. The van der Waals surface area contributed by atoms with E-state index in [1.165, 1.54) is 0 Å². The quantitative estimate of drug-likeness (QED) is 0.584. The first-order chi connectivity index (χ1) is 9.72. The van der Waals surface area contributed by atoms with Gasteiger partial charge in [-0.25, -0.2) is 0 Å². The molecule has 3 N–H and O–H groups in total. The standard InChI is InChI=1S/C18H29NO2/c1-8-12(3)15-10-14(11-19)18(20,17(15,5)6)13(4)16(9-2)21-7/h8-9,14-15,20H,1-3,10-11,19H2,4-7H3/b16-13-. The number of rotatable bonds is 6. The van der Waals surface area contributed by atoms with Crippen molar-refractivity contribution in [2.75, 3.05) is 13.7 Å². The highest BCUT2D eigenvalue weighted by Gasteiger charge is 2.60. The van der Waals surface area contributed by atoms with E-state index in [-0.39, 0.29) is 11.8 Å². The number of hydrogen-bond donors (Lipinski definition) is 2. The molecule has 3 atom stereocenters. The first kappa shape index (κ1) is 17.7. The van der Waals surface area contributed by atoms with Gasteiger partial charge in [-0.05, 0) is 31.9 Å². The molecule has 0 saturated heterocycles. The second kappa shape index (κ2) is 6.20. The van der Waals surface area contributed by atoms with Crippen LogP contribution in [-0.4, -0.2) is 24.4 Å². The van der Waals surface area contributed by atoms with E-state index in [0.29, 0.717) is 12.3 Å².